The number of thiophene rings is 1. The lowest BCUT2D eigenvalue weighted by molar-refractivity contribution is -0.137. The van der Waals surface area contributed by atoms with E-state index in [4.69, 9.17) is 5.11 Å². The molecule has 1 amide bonds. The van der Waals surface area contributed by atoms with Crippen LogP contribution in [0.5, 0.6) is 0 Å². The topological polar surface area (TPSA) is 66.4 Å². The van der Waals surface area contributed by atoms with Gasteiger partial charge in [-0.2, -0.15) is 0 Å². The minimum atomic E-state index is -0.882. The van der Waals surface area contributed by atoms with E-state index in [1.165, 1.54) is 16.9 Å². The summed E-state index contributed by atoms with van der Waals surface area (Å²) in [6.07, 6.45) is 3.27. The van der Waals surface area contributed by atoms with Crippen LogP contribution in [0.25, 0.3) is 0 Å². The van der Waals surface area contributed by atoms with Crippen molar-refractivity contribution in [2.75, 3.05) is 0 Å². The van der Waals surface area contributed by atoms with Crippen LogP contribution >= 0.6 is 11.3 Å². The first-order valence-electron chi connectivity index (χ1n) is 6.61. The monoisotopic (exact) mass is 281 g/mol. The lowest BCUT2D eigenvalue weighted by Gasteiger charge is -2.20. The summed E-state index contributed by atoms with van der Waals surface area (Å²) in [6.45, 7) is 3.84. The third-order valence-electron chi connectivity index (χ3n) is 3.49. The average Bonchev–Trinajstić information content (AvgIpc) is 2.86. The zero-order valence-electron chi connectivity index (χ0n) is 11.2. The summed E-state index contributed by atoms with van der Waals surface area (Å²) >= 11 is 1.54. The number of carboxylic acid groups (broad SMARTS) is 1. The Bertz CT molecular complexity index is 471. The second-order valence-electron chi connectivity index (χ2n) is 5.33. The maximum Gasteiger partial charge on any atom is 0.305 e. The van der Waals surface area contributed by atoms with Gasteiger partial charge in [-0.25, -0.2) is 0 Å². The first-order valence-corrected chi connectivity index (χ1v) is 7.43. The van der Waals surface area contributed by atoms with Crippen molar-refractivity contribution >= 4 is 23.2 Å². The van der Waals surface area contributed by atoms with Gasteiger partial charge in [0.05, 0.1) is 11.3 Å². The van der Waals surface area contributed by atoms with E-state index in [9.17, 15) is 9.59 Å². The van der Waals surface area contributed by atoms with Gasteiger partial charge in [-0.15, -0.1) is 11.3 Å². The van der Waals surface area contributed by atoms with E-state index < -0.39 is 5.97 Å². The predicted molar refractivity (Wildman–Crippen MR) is 74.7 cm³/mol. The van der Waals surface area contributed by atoms with Gasteiger partial charge >= 0.3 is 5.97 Å². The molecule has 2 N–H and O–H groups in total. The Kier molecular flexibility index (Phi) is 4.24. The van der Waals surface area contributed by atoms with Crippen molar-refractivity contribution in [2.24, 2.45) is 5.92 Å². The first-order chi connectivity index (χ1) is 8.97. The number of amides is 1. The van der Waals surface area contributed by atoms with Crippen LogP contribution in [0, 0.1) is 5.92 Å². The van der Waals surface area contributed by atoms with Crippen LogP contribution in [0.4, 0.5) is 0 Å². The molecular weight excluding hydrogens is 262 g/mol. The van der Waals surface area contributed by atoms with Crippen molar-refractivity contribution in [2.45, 2.75) is 45.6 Å². The Labute approximate surface area is 116 Å². The van der Waals surface area contributed by atoms with Crippen LogP contribution in [-0.4, -0.2) is 23.0 Å². The minimum Gasteiger partial charge on any atom is -0.481 e. The van der Waals surface area contributed by atoms with Gasteiger partial charge in [0.25, 0.3) is 5.91 Å². The summed E-state index contributed by atoms with van der Waals surface area (Å²) in [5, 5.41) is 11.7. The fraction of sp³-hybridized carbons (Fsp3) is 0.571. The van der Waals surface area contributed by atoms with Crippen molar-refractivity contribution in [1.29, 1.82) is 0 Å². The Balaban J connectivity index is 2.03. The molecule has 5 heteroatoms. The molecule has 0 bridgehead atoms. The molecular formula is C14H19NO3S. The lowest BCUT2D eigenvalue weighted by Crippen LogP contribution is -2.39. The number of aryl methyl sites for hydroxylation is 2. The van der Waals surface area contributed by atoms with Gasteiger partial charge in [0.2, 0.25) is 0 Å². The van der Waals surface area contributed by atoms with Crippen LogP contribution in [0.2, 0.25) is 0 Å². The van der Waals surface area contributed by atoms with Crippen LogP contribution in [0.1, 0.15) is 46.8 Å². The molecule has 1 atom stereocenters. The van der Waals surface area contributed by atoms with Crippen molar-refractivity contribution in [1.82, 2.24) is 5.32 Å². The van der Waals surface area contributed by atoms with Gasteiger partial charge in [0, 0.05) is 10.9 Å². The summed E-state index contributed by atoms with van der Waals surface area (Å²) in [5.74, 6) is -0.918. The summed E-state index contributed by atoms with van der Waals surface area (Å²) in [7, 11) is 0. The van der Waals surface area contributed by atoms with Gasteiger partial charge in [-0.05, 0) is 36.8 Å². The molecule has 1 aliphatic carbocycles. The molecule has 0 radical (unpaired) electrons. The molecule has 1 aliphatic rings. The summed E-state index contributed by atoms with van der Waals surface area (Å²) in [6, 6.07) is 1.64. The highest BCUT2D eigenvalue weighted by molar-refractivity contribution is 7.14. The number of rotatable bonds is 5. The molecule has 2 rings (SSSR count). The molecule has 0 spiro atoms. The van der Waals surface area contributed by atoms with Gasteiger partial charge in [-0.1, -0.05) is 13.8 Å². The van der Waals surface area contributed by atoms with E-state index >= 15 is 0 Å². The van der Waals surface area contributed by atoms with Gasteiger partial charge in [0.1, 0.15) is 0 Å². The molecule has 0 aromatic carbocycles. The molecule has 0 saturated carbocycles. The summed E-state index contributed by atoms with van der Waals surface area (Å²) in [4.78, 5) is 25.0. The summed E-state index contributed by atoms with van der Waals surface area (Å²) in [5.41, 5.74) is 1.29. The number of aliphatic carboxylic acids is 1. The molecule has 1 heterocycles. The second-order valence-corrected chi connectivity index (χ2v) is 6.47. The van der Waals surface area contributed by atoms with E-state index in [-0.39, 0.29) is 24.3 Å². The largest absolute Gasteiger partial charge is 0.481 e. The maximum atomic E-state index is 12.2. The first kappa shape index (κ1) is 14.1. The number of carboxylic acids is 1. The number of carbonyl (C=O) groups excluding carboxylic acids is 1. The van der Waals surface area contributed by atoms with E-state index in [1.54, 1.807) is 11.3 Å². The van der Waals surface area contributed by atoms with E-state index in [0.29, 0.717) is 4.88 Å². The van der Waals surface area contributed by atoms with Gasteiger partial charge < -0.3 is 10.4 Å². The number of hydrogen-bond acceptors (Lipinski definition) is 3. The van der Waals surface area contributed by atoms with Crippen molar-refractivity contribution < 1.29 is 14.7 Å². The average molecular weight is 281 g/mol. The van der Waals surface area contributed by atoms with Crippen molar-refractivity contribution in [3.63, 3.8) is 0 Å². The molecule has 0 aliphatic heterocycles. The minimum absolute atomic E-state index is 0.0332. The molecule has 104 valence electrons. The Morgan fingerprint density at radius 1 is 1.42 bits per heavy atom. The van der Waals surface area contributed by atoms with Crippen LogP contribution in [0.3, 0.4) is 0 Å². The predicted octanol–water partition coefficient (Wildman–Crippen LogP) is 2.47. The number of fused-ring (bicyclic) bond motifs is 1. The number of nitrogens with one attached hydrogen (secondary N) is 1. The van der Waals surface area contributed by atoms with Crippen molar-refractivity contribution in [3.8, 4) is 0 Å². The Hall–Kier alpha value is -1.36. The van der Waals surface area contributed by atoms with Gasteiger partial charge in [0.15, 0.2) is 0 Å². The molecule has 19 heavy (non-hydrogen) atoms. The Morgan fingerprint density at radius 2 is 2.16 bits per heavy atom. The fourth-order valence-corrected chi connectivity index (χ4v) is 3.48. The standard InChI is InChI=1S/C14H19NO3S/c1-8(2)10(7-13(16)17)15-14(18)12-6-9-4-3-5-11(9)19-12/h6,8,10H,3-5,7H2,1-2H3,(H,15,18)(H,16,17). The third kappa shape index (κ3) is 3.35. The molecule has 1 aromatic heterocycles. The summed E-state index contributed by atoms with van der Waals surface area (Å²) < 4.78 is 0. The van der Waals surface area contributed by atoms with Crippen molar-refractivity contribution in [3.05, 3.63) is 21.4 Å². The quantitative estimate of drug-likeness (QED) is 0.871. The zero-order valence-corrected chi connectivity index (χ0v) is 12.0. The van der Waals surface area contributed by atoms with Crippen LogP contribution < -0.4 is 5.32 Å². The SMILES string of the molecule is CC(C)C(CC(=O)O)NC(=O)c1cc2c(s1)CCC2. The Morgan fingerprint density at radius 3 is 2.74 bits per heavy atom. The van der Waals surface area contributed by atoms with E-state index in [0.717, 1.165) is 12.8 Å². The number of hydrogen-bond donors (Lipinski definition) is 2. The normalized spacial score (nSPS) is 15.3. The second kappa shape index (κ2) is 5.74. The van der Waals surface area contributed by atoms with Crippen LogP contribution in [-0.2, 0) is 17.6 Å². The molecule has 4 nitrogen and oxygen atoms in total. The molecule has 0 saturated heterocycles. The van der Waals surface area contributed by atoms with E-state index in [1.807, 2.05) is 19.9 Å². The lowest BCUT2D eigenvalue weighted by atomic mass is 10.0. The highest BCUT2D eigenvalue weighted by Crippen LogP contribution is 2.30. The smallest absolute Gasteiger partial charge is 0.305 e. The van der Waals surface area contributed by atoms with Gasteiger partial charge in [-0.3, -0.25) is 9.59 Å². The third-order valence-corrected chi connectivity index (χ3v) is 4.72. The highest BCUT2D eigenvalue weighted by Gasteiger charge is 2.23. The maximum absolute atomic E-state index is 12.2. The van der Waals surface area contributed by atoms with E-state index in [2.05, 4.69) is 5.32 Å². The highest BCUT2D eigenvalue weighted by atomic mass is 32.1. The zero-order chi connectivity index (χ0) is 14.0. The molecule has 0 fully saturated rings. The fourth-order valence-electron chi connectivity index (χ4n) is 2.32. The van der Waals surface area contributed by atoms with Crippen LogP contribution in [0.15, 0.2) is 6.07 Å². The molecule has 1 aromatic rings. The number of carbonyl (C=O) groups is 2. The molecule has 1 unspecified atom stereocenters.